The van der Waals surface area contributed by atoms with E-state index in [-0.39, 0.29) is 5.91 Å². The molecule has 6 nitrogen and oxygen atoms in total. The fourth-order valence-electron chi connectivity index (χ4n) is 4.01. The molecule has 0 radical (unpaired) electrons. The minimum Gasteiger partial charge on any atom is -0.339 e. The molecular weight excluding hydrogens is 338 g/mol. The molecule has 2 saturated heterocycles. The number of hydrogen-bond acceptors (Lipinski definition) is 5. The molecular formula is C21H27N5O. The molecule has 142 valence electrons. The second-order valence-electron chi connectivity index (χ2n) is 7.44. The fourth-order valence-corrected chi connectivity index (χ4v) is 4.01. The van der Waals surface area contributed by atoms with Gasteiger partial charge in [0, 0.05) is 44.1 Å². The van der Waals surface area contributed by atoms with Crippen LogP contribution >= 0.6 is 0 Å². The number of rotatable bonds is 4. The molecule has 1 aromatic heterocycles. The molecule has 6 heteroatoms. The predicted molar refractivity (Wildman–Crippen MR) is 106 cm³/mol. The first-order valence-electron chi connectivity index (χ1n) is 9.90. The molecule has 2 aromatic rings. The third-order valence-electron chi connectivity index (χ3n) is 5.48. The van der Waals surface area contributed by atoms with Crippen molar-refractivity contribution in [2.45, 2.75) is 19.3 Å². The van der Waals surface area contributed by atoms with Crippen LogP contribution in [0.3, 0.4) is 0 Å². The standard InChI is InChI=1S/C21H27N5O/c27-20(19-5-1-4-17(15-19)14-18-6-9-22-16-18)25-10-3-11-26(13-12-25)21-23-7-2-8-24-21/h1-2,4-5,7-8,15,18,22H,3,6,9-14,16H2. The Labute approximate surface area is 160 Å². The summed E-state index contributed by atoms with van der Waals surface area (Å²) >= 11 is 0. The zero-order chi connectivity index (χ0) is 18.5. The van der Waals surface area contributed by atoms with E-state index in [9.17, 15) is 4.79 Å². The summed E-state index contributed by atoms with van der Waals surface area (Å²) in [5, 5.41) is 3.42. The highest BCUT2D eigenvalue weighted by atomic mass is 16.2. The number of nitrogens with one attached hydrogen (secondary N) is 1. The zero-order valence-corrected chi connectivity index (χ0v) is 15.7. The molecule has 0 bridgehead atoms. The highest BCUT2D eigenvalue weighted by Crippen LogP contribution is 2.18. The van der Waals surface area contributed by atoms with Gasteiger partial charge in [-0.05, 0) is 62.0 Å². The predicted octanol–water partition coefficient (Wildman–Crippen LogP) is 1.98. The third kappa shape index (κ3) is 4.45. The van der Waals surface area contributed by atoms with Crippen LogP contribution in [0.5, 0.6) is 0 Å². The largest absolute Gasteiger partial charge is 0.339 e. The smallest absolute Gasteiger partial charge is 0.253 e. The van der Waals surface area contributed by atoms with Gasteiger partial charge in [0.15, 0.2) is 0 Å². The Bertz CT molecular complexity index is 760. The normalized spacial score (nSPS) is 20.5. The maximum atomic E-state index is 13.0. The van der Waals surface area contributed by atoms with Crippen molar-refractivity contribution in [2.24, 2.45) is 5.92 Å². The average Bonchev–Trinajstić information content (AvgIpc) is 3.10. The SMILES string of the molecule is O=C(c1cccc(CC2CCNC2)c1)N1CCCN(c2ncccn2)CC1. The highest BCUT2D eigenvalue weighted by molar-refractivity contribution is 5.94. The summed E-state index contributed by atoms with van der Waals surface area (Å²) in [7, 11) is 0. The van der Waals surface area contributed by atoms with Crippen LogP contribution in [0.4, 0.5) is 5.95 Å². The van der Waals surface area contributed by atoms with Gasteiger partial charge in [-0.15, -0.1) is 0 Å². The third-order valence-corrected chi connectivity index (χ3v) is 5.48. The summed E-state index contributed by atoms with van der Waals surface area (Å²) < 4.78 is 0. The zero-order valence-electron chi connectivity index (χ0n) is 15.7. The van der Waals surface area contributed by atoms with Crippen molar-refractivity contribution < 1.29 is 4.79 Å². The summed E-state index contributed by atoms with van der Waals surface area (Å²) in [6.45, 7) is 5.32. The molecule has 0 spiro atoms. The first-order valence-corrected chi connectivity index (χ1v) is 9.90. The van der Waals surface area contributed by atoms with E-state index in [4.69, 9.17) is 0 Å². The van der Waals surface area contributed by atoms with Gasteiger partial charge in [0.2, 0.25) is 5.95 Å². The van der Waals surface area contributed by atoms with Gasteiger partial charge in [0.25, 0.3) is 5.91 Å². The van der Waals surface area contributed by atoms with Gasteiger partial charge >= 0.3 is 0 Å². The lowest BCUT2D eigenvalue weighted by Gasteiger charge is -2.22. The van der Waals surface area contributed by atoms with E-state index in [0.717, 1.165) is 57.1 Å². The van der Waals surface area contributed by atoms with Gasteiger partial charge in [-0.1, -0.05) is 12.1 Å². The van der Waals surface area contributed by atoms with Crippen molar-refractivity contribution in [3.63, 3.8) is 0 Å². The Balaban J connectivity index is 1.40. The number of benzene rings is 1. The van der Waals surface area contributed by atoms with E-state index in [1.54, 1.807) is 12.4 Å². The van der Waals surface area contributed by atoms with Crippen molar-refractivity contribution in [1.82, 2.24) is 20.2 Å². The van der Waals surface area contributed by atoms with Gasteiger partial charge in [0.05, 0.1) is 0 Å². The van der Waals surface area contributed by atoms with Gasteiger partial charge in [0.1, 0.15) is 0 Å². The monoisotopic (exact) mass is 365 g/mol. The van der Waals surface area contributed by atoms with Crippen molar-refractivity contribution in [3.8, 4) is 0 Å². The second-order valence-corrected chi connectivity index (χ2v) is 7.44. The summed E-state index contributed by atoms with van der Waals surface area (Å²) in [6, 6.07) is 10.0. The van der Waals surface area contributed by atoms with Gasteiger partial charge in [-0.2, -0.15) is 0 Å². The van der Waals surface area contributed by atoms with Gasteiger partial charge in [-0.25, -0.2) is 9.97 Å². The minimum absolute atomic E-state index is 0.136. The van der Waals surface area contributed by atoms with Crippen molar-refractivity contribution in [3.05, 3.63) is 53.9 Å². The number of anilines is 1. The van der Waals surface area contributed by atoms with E-state index in [1.807, 2.05) is 23.1 Å². The molecule has 1 aromatic carbocycles. The van der Waals surface area contributed by atoms with Crippen LogP contribution in [-0.2, 0) is 6.42 Å². The van der Waals surface area contributed by atoms with Crippen LogP contribution in [0.25, 0.3) is 0 Å². The molecule has 1 unspecified atom stereocenters. The Morgan fingerprint density at radius 3 is 2.81 bits per heavy atom. The topological polar surface area (TPSA) is 61.4 Å². The number of carbonyl (C=O) groups is 1. The van der Waals surface area contributed by atoms with E-state index in [0.29, 0.717) is 12.5 Å². The van der Waals surface area contributed by atoms with E-state index >= 15 is 0 Å². The minimum atomic E-state index is 0.136. The molecule has 1 atom stereocenters. The molecule has 2 fully saturated rings. The van der Waals surface area contributed by atoms with Crippen LogP contribution in [0.1, 0.15) is 28.8 Å². The number of carbonyl (C=O) groups excluding carboxylic acids is 1. The molecule has 27 heavy (non-hydrogen) atoms. The molecule has 0 aliphatic carbocycles. The Kier molecular flexibility index (Phi) is 5.63. The first kappa shape index (κ1) is 17.9. The maximum Gasteiger partial charge on any atom is 0.253 e. The molecule has 1 N–H and O–H groups in total. The maximum absolute atomic E-state index is 13.0. The lowest BCUT2D eigenvalue weighted by molar-refractivity contribution is 0.0767. The number of aromatic nitrogens is 2. The molecule has 1 amide bonds. The van der Waals surface area contributed by atoms with Crippen LogP contribution in [-0.4, -0.2) is 60.0 Å². The first-order chi connectivity index (χ1) is 13.3. The molecule has 3 heterocycles. The lowest BCUT2D eigenvalue weighted by atomic mass is 9.97. The van der Waals surface area contributed by atoms with Gasteiger partial charge < -0.3 is 15.1 Å². The van der Waals surface area contributed by atoms with E-state index in [1.165, 1.54) is 12.0 Å². The fraction of sp³-hybridized carbons (Fsp3) is 0.476. The summed E-state index contributed by atoms with van der Waals surface area (Å²) in [5.41, 5.74) is 2.08. The lowest BCUT2D eigenvalue weighted by Crippen LogP contribution is -2.35. The summed E-state index contributed by atoms with van der Waals surface area (Å²) in [6.07, 6.45) is 6.73. The van der Waals surface area contributed by atoms with Crippen molar-refractivity contribution in [1.29, 1.82) is 0 Å². The molecule has 2 aliphatic rings. The summed E-state index contributed by atoms with van der Waals surface area (Å²) in [4.78, 5) is 25.9. The van der Waals surface area contributed by atoms with E-state index < -0.39 is 0 Å². The molecule has 2 aliphatic heterocycles. The quantitative estimate of drug-likeness (QED) is 0.898. The van der Waals surface area contributed by atoms with Gasteiger partial charge in [-0.3, -0.25) is 4.79 Å². The van der Waals surface area contributed by atoms with E-state index in [2.05, 4.69) is 32.3 Å². The second kappa shape index (κ2) is 8.48. The number of amides is 1. The average molecular weight is 365 g/mol. The van der Waals surface area contributed by atoms with Crippen LogP contribution in [0.15, 0.2) is 42.7 Å². The summed E-state index contributed by atoms with van der Waals surface area (Å²) in [5.74, 6) is 1.57. The number of nitrogens with zero attached hydrogens (tertiary/aromatic N) is 4. The van der Waals surface area contributed by atoms with Crippen LogP contribution < -0.4 is 10.2 Å². The van der Waals surface area contributed by atoms with Crippen LogP contribution in [0, 0.1) is 5.92 Å². The highest BCUT2D eigenvalue weighted by Gasteiger charge is 2.22. The Hall–Kier alpha value is -2.47. The number of hydrogen-bond donors (Lipinski definition) is 1. The Morgan fingerprint density at radius 1 is 1.11 bits per heavy atom. The van der Waals surface area contributed by atoms with Crippen LogP contribution in [0.2, 0.25) is 0 Å². The molecule has 4 rings (SSSR count). The van der Waals surface area contributed by atoms with Crippen molar-refractivity contribution >= 4 is 11.9 Å². The Morgan fingerprint density at radius 2 is 2.00 bits per heavy atom. The van der Waals surface area contributed by atoms with Crippen molar-refractivity contribution in [2.75, 3.05) is 44.2 Å². The molecule has 0 saturated carbocycles.